The van der Waals surface area contributed by atoms with Gasteiger partial charge in [0.2, 0.25) is 12.7 Å². The Morgan fingerprint density at radius 3 is 2.67 bits per heavy atom. The molecule has 6 nitrogen and oxygen atoms in total. The molecule has 0 aromatic heterocycles. The van der Waals surface area contributed by atoms with Gasteiger partial charge in [-0.05, 0) is 89.4 Å². The number of ether oxygens (including phenoxy) is 3. The van der Waals surface area contributed by atoms with Gasteiger partial charge >= 0.3 is 0 Å². The summed E-state index contributed by atoms with van der Waals surface area (Å²) in [4.78, 5) is 14.6. The molecule has 2 aliphatic heterocycles. The zero-order valence-corrected chi connectivity index (χ0v) is 18.4. The molecule has 1 N–H and O–H groups in total. The van der Waals surface area contributed by atoms with Crippen molar-refractivity contribution >= 4 is 5.91 Å². The Labute approximate surface area is 180 Å². The van der Waals surface area contributed by atoms with Crippen molar-refractivity contribution in [3.8, 4) is 11.5 Å². The molecule has 1 atom stereocenters. The lowest BCUT2D eigenvalue weighted by Gasteiger charge is -2.35. The van der Waals surface area contributed by atoms with E-state index in [2.05, 4.69) is 22.3 Å². The Kier molecular flexibility index (Phi) is 7.16. The fraction of sp³-hybridized carbons (Fsp3) is 0.708. The number of methoxy groups -OCH3 is 1. The first kappa shape index (κ1) is 21.4. The minimum atomic E-state index is -0.360. The van der Waals surface area contributed by atoms with Crippen molar-refractivity contribution in [1.82, 2.24) is 10.2 Å². The fourth-order valence-electron chi connectivity index (χ4n) is 5.13. The molecule has 30 heavy (non-hydrogen) atoms. The van der Waals surface area contributed by atoms with Crippen molar-refractivity contribution in [2.24, 2.45) is 5.92 Å². The summed E-state index contributed by atoms with van der Waals surface area (Å²) in [6.07, 6.45) is 7.92. The molecule has 6 heteroatoms. The Morgan fingerprint density at radius 1 is 1.17 bits per heavy atom. The first-order valence-corrected chi connectivity index (χ1v) is 11.6. The van der Waals surface area contributed by atoms with E-state index in [4.69, 9.17) is 14.2 Å². The highest BCUT2D eigenvalue weighted by molar-refractivity contribution is 5.80. The second-order valence-corrected chi connectivity index (χ2v) is 9.09. The SMILES string of the molecule is CO[C@H](C)C(=O)NC1CCC(CCN2CCC(c3cccc4c3OCO4)CC2)CC1. The van der Waals surface area contributed by atoms with E-state index in [0.29, 0.717) is 18.8 Å². The number of nitrogens with one attached hydrogen (secondary N) is 1. The standard InChI is InChI=1S/C24H36N2O4/c1-17(28-2)24(27)25-20-8-6-18(7-9-20)10-13-26-14-11-19(12-15-26)21-4-3-5-22-23(21)30-16-29-22/h3-5,17-20H,6-16H2,1-2H3,(H,25,27)/t17-,18?,20?/m1/s1. The van der Waals surface area contributed by atoms with Crippen LogP contribution in [0.4, 0.5) is 0 Å². The Bertz CT molecular complexity index is 709. The Hall–Kier alpha value is -1.79. The van der Waals surface area contributed by atoms with Gasteiger partial charge in [-0.2, -0.15) is 0 Å². The first-order chi connectivity index (χ1) is 14.6. The van der Waals surface area contributed by atoms with Crippen molar-refractivity contribution in [3.63, 3.8) is 0 Å². The quantitative estimate of drug-likeness (QED) is 0.735. The molecule has 1 amide bonds. The highest BCUT2D eigenvalue weighted by atomic mass is 16.7. The molecular formula is C24H36N2O4. The van der Waals surface area contributed by atoms with Crippen LogP contribution in [0.5, 0.6) is 11.5 Å². The van der Waals surface area contributed by atoms with Crippen LogP contribution in [-0.2, 0) is 9.53 Å². The van der Waals surface area contributed by atoms with Crippen LogP contribution in [-0.4, -0.2) is 56.5 Å². The van der Waals surface area contributed by atoms with E-state index in [1.54, 1.807) is 14.0 Å². The third-order valence-corrected chi connectivity index (χ3v) is 7.22. The molecule has 1 aliphatic carbocycles. The molecule has 3 aliphatic rings. The van der Waals surface area contributed by atoms with Crippen LogP contribution in [0.3, 0.4) is 0 Å². The molecule has 1 saturated carbocycles. The van der Waals surface area contributed by atoms with Crippen LogP contribution in [0.2, 0.25) is 0 Å². The minimum absolute atomic E-state index is 0.0184. The minimum Gasteiger partial charge on any atom is -0.454 e. The van der Waals surface area contributed by atoms with Gasteiger partial charge in [0, 0.05) is 18.7 Å². The molecule has 2 fully saturated rings. The number of likely N-dealkylation sites (tertiary alicyclic amines) is 1. The number of nitrogens with zero attached hydrogens (tertiary/aromatic N) is 1. The molecule has 1 saturated heterocycles. The van der Waals surface area contributed by atoms with E-state index in [-0.39, 0.29) is 12.0 Å². The number of hydrogen-bond acceptors (Lipinski definition) is 5. The van der Waals surface area contributed by atoms with Gasteiger partial charge in [0.15, 0.2) is 11.5 Å². The second kappa shape index (κ2) is 10.0. The van der Waals surface area contributed by atoms with Crippen LogP contribution in [0.25, 0.3) is 0 Å². The van der Waals surface area contributed by atoms with Gasteiger partial charge in [-0.25, -0.2) is 0 Å². The van der Waals surface area contributed by atoms with Crippen molar-refractivity contribution in [3.05, 3.63) is 23.8 Å². The number of hydrogen-bond donors (Lipinski definition) is 1. The molecule has 0 spiro atoms. The van der Waals surface area contributed by atoms with E-state index in [1.165, 1.54) is 44.2 Å². The van der Waals surface area contributed by atoms with Gasteiger partial charge in [0.25, 0.3) is 0 Å². The molecule has 4 rings (SSSR count). The Balaban J connectivity index is 1.16. The summed E-state index contributed by atoms with van der Waals surface area (Å²) in [5.74, 6) is 3.26. The summed E-state index contributed by atoms with van der Waals surface area (Å²) in [6.45, 7) is 5.67. The summed E-state index contributed by atoms with van der Waals surface area (Å²) in [5, 5.41) is 3.14. The monoisotopic (exact) mass is 416 g/mol. The maximum atomic E-state index is 12.0. The highest BCUT2D eigenvalue weighted by Crippen LogP contribution is 2.42. The average molecular weight is 417 g/mol. The zero-order chi connectivity index (χ0) is 20.9. The predicted octanol–water partition coefficient (Wildman–Crippen LogP) is 3.69. The number of piperidine rings is 1. The van der Waals surface area contributed by atoms with Gasteiger partial charge in [-0.1, -0.05) is 12.1 Å². The normalized spacial score (nSPS) is 25.8. The van der Waals surface area contributed by atoms with E-state index in [9.17, 15) is 4.79 Å². The summed E-state index contributed by atoms with van der Waals surface area (Å²) >= 11 is 0. The highest BCUT2D eigenvalue weighted by Gasteiger charge is 2.28. The second-order valence-electron chi connectivity index (χ2n) is 9.09. The number of amides is 1. The van der Waals surface area contributed by atoms with Crippen LogP contribution >= 0.6 is 0 Å². The number of para-hydroxylation sites is 1. The zero-order valence-electron chi connectivity index (χ0n) is 18.4. The van der Waals surface area contributed by atoms with Crippen molar-refractivity contribution in [1.29, 1.82) is 0 Å². The number of benzene rings is 1. The maximum absolute atomic E-state index is 12.0. The predicted molar refractivity (Wildman–Crippen MR) is 116 cm³/mol. The molecular weight excluding hydrogens is 380 g/mol. The third kappa shape index (κ3) is 5.09. The topological polar surface area (TPSA) is 60.0 Å². The summed E-state index contributed by atoms with van der Waals surface area (Å²) in [6, 6.07) is 6.61. The lowest BCUT2D eigenvalue weighted by atomic mass is 9.83. The number of fused-ring (bicyclic) bond motifs is 1. The lowest BCUT2D eigenvalue weighted by Crippen LogP contribution is -2.43. The lowest BCUT2D eigenvalue weighted by molar-refractivity contribution is -0.131. The number of carbonyl (C=O) groups is 1. The van der Waals surface area contributed by atoms with Crippen molar-refractivity contribution < 1.29 is 19.0 Å². The molecule has 0 bridgehead atoms. The van der Waals surface area contributed by atoms with Crippen molar-refractivity contribution in [2.75, 3.05) is 33.5 Å². The van der Waals surface area contributed by atoms with Crippen LogP contribution in [0, 0.1) is 5.92 Å². The molecule has 2 heterocycles. The third-order valence-electron chi connectivity index (χ3n) is 7.22. The van der Waals surface area contributed by atoms with Crippen molar-refractivity contribution in [2.45, 2.75) is 69.9 Å². The molecule has 1 aromatic carbocycles. The van der Waals surface area contributed by atoms with E-state index in [0.717, 1.165) is 43.3 Å². The first-order valence-electron chi connectivity index (χ1n) is 11.6. The van der Waals surface area contributed by atoms with Crippen LogP contribution < -0.4 is 14.8 Å². The smallest absolute Gasteiger partial charge is 0.249 e. The Morgan fingerprint density at radius 2 is 1.93 bits per heavy atom. The van der Waals surface area contributed by atoms with E-state index < -0.39 is 0 Å². The van der Waals surface area contributed by atoms with Gasteiger partial charge < -0.3 is 24.4 Å². The summed E-state index contributed by atoms with van der Waals surface area (Å²) in [7, 11) is 1.58. The maximum Gasteiger partial charge on any atom is 0.249 e. The van der Waals surface area contributed by atoms with E-state index in [1.807, 2.05) is 6.07 Å². The molecule has 166 valence electrons. The van der Waals surface area contributed by atoms with Crippen LogP contribution in [0.15, 0.2) is 18.2 Å². The largest absolute Gasteiger partial charge is 0.454 e. The summed E-state index contributed by atoms with van der Waals surface area (Å²) in [5.41, 5.74) is 1.33. The fourth-order valence-corrected chi connectivity index (χ4v) is 5.13. The van der Waals surface area contributed by atoms with Gasteiger partial charge in [0.1, 0.15) is 6.10 Å². The van der Waals surface area contributed by atoms with Gasteiger partial charge in [0.05, 0.1) is 0 Å². The number of rotatable bonds is 7. The molecule has 0 radical (unpaired) electrons. The van der Waals surface area contributed by atoms with Gasteiger partial charge in [-0.15, -0.1) is 0 Å². The number of carbonyl (C=O) groups excluding carboxylic acids is 1. The summed E-state index contributed by atoms with van der Waals surface area (Å²) < 4.78 is 16.4. The van der Waals surface area contributed by atoms with Gasteiger partial charge in [-0.3, -0.25) is 4.79 Å². The van der Waals surface area contributed by atoms with Crippen LogP contribution in [0.1, 0.15) is 63.4 Å². The van der Waals surface area contributed by atoms with E-state index >= 15 is 0 Å². The average Bonchev–Trinajstić information content (AvgIpc) is 3.27. The molecule has 0 unspecified atom stereocenters. The molecule has 1 aromatic rings.